The highest BCUT2D eigenvalue weighted by molar-refractivity contribution is 5.71. The second-order valence-electron chi connectivity index (χ2n) is 11.3. The lowest BCUT2D eigenvalue weighted by Crippen LogP contribution is -2.24. The lowest BCUT2D eigenvalue weighted by atomic mass is 10.1. The van der Waals surface area contributed by atoms with E-state index in [0.717, 1.165) is 43.1 Å². The molecule has 232 valence electrons. The van der Waals surface area contributed by atoms with Crippen molar-refractivity contribution in [2.45, 2.75) is 156 Å². The lowest BCUT2D eigenvalue weighted by molar-refractivity contribution is -0.142. The number of unbranched alkanes of at least 4 members (excludes halogenated alkanes) is 18. The molecular formula is C35H63NO4. The Labute approximate surface area is 247 Å². The molecule has 0 aromatic heterocycles. The summed E-state index contributed by atoms with van der Waals surface area (Å²) in [5.41, 5.74) is 1.06. The van der Waals surface area contributed by atoms with Crippen LogP contribution in [0.1, 0.15) is 155 Å². The molecular weight excluding hydrogens is 498 g/mol. The number of ether oxygens (including phenoxy) is 3. The normalized spacial score (nSPS) is 11.1. The summed E-state index contributed by atoms with van der Waals surface area (Å²) in [5.74, 6) is 1.47. The molecule has 0 spiro atoms. The third-order valence-electron chi connectivity index (χ3n) is 7.38. The number of carbonyl (C=O) groups excluding carboxylic acids is 1. The summed E-state index contributed by atoms with van der Waals surface area (Å²) in [7, 11) is 0. The zero-order valence-electron chi connectivity index (χ0n) is 26.5. The van der Waals surface area contributed by atoms with Gasteiger partial charge < -0.3 is 19.5 Å². The maximum Gasteiger partial charge on any atom is 0.319 e. The van der Waals surface area contributed by atoms with Crippen molar-refractivity contribution in [1.29, 1.82) is 0 Å². The maximum atomic E-state index is 11.7. The van der Waals surface area contributed by atoms with Crippen LogP contribution in [0.3, 0.4) is 0 Å². The molecule has 1 N–H and O–H groups in total. The highest BCUT2D eigenvalue weighted by Gasteiger charge is 2.06. The van der Waals surface area contributed by atoms with E-state index in [2.05, 4.69) is 31.3 Å². The number of rotatable bonds is 29. The topological polar surface area (TPSA) is 56.8 Å². The second kappa shape index (κ2) is 27.4. The molecule has 0 aliphatic heterocycles. The number of benzene rings is 1. The monoisotopic (exact) mass is 561 g/mol. The van der Waals surface area contributed by atoms with Crippen molar-refractivity contribution >= 4 is 5.97 Å². The van der Waals surface area contributed by atoms with Crippen LogP contribution in [0.15, 0.2) is 18.2 Å². The predicted octanol–water partition coefficient (Wildman–Crippen LogP) is 9.94. The molecule has 0 radical (unpaired) electrons. The van der Waals surface area contributed by atoms with Gasteiger partial charge in [0, 0.05) is 12.6 Å². The minimum Gasteiger partial charge on any atom is -0.493 e. The van der Waals surface area contributed by atoms with Gasteiger partial charge in [-0.25, -0.2) is 0 Å². The van der Waals surface area contributed by atoms with Crippen molar-refractivity contribution in [3.05, 3.63) is 23.8 Å². The summed E-state index contributed by atoms with van der Waals surface area (Å²) >= 11 is 0. The molecule has 0 aliphatic rings. The molecule has 5 heteroatoms. The number of hydrogen-bond donors (Lipinski definition) is 1. The van der Waals surface area contributed by atoms with Crippen LogP contribution < -0.4 is 14.8 Å². The van der Waals surface area contributed by atoms with Crippen LogP contribution in [0.2, 0.25) is 0 Å². The maximum absolute atomic E-state index is 11.7. The first-order valence-corrected chi connectivity index (χ1v) is 17.0. The van der Waals surface area contributed by atoms with E-state index in [4.69, 9.17) is 14.2 Å². The van der Waals surface area contributed by atoms with Gasteiger partial charge in [-0.2, -0.15) is 0 Å². The van der Waals surface area contributed by atoms with E-state index in [9.17, 15) is 4.79 Å². The molecule has 0 heterocycles. The molecule has 0 aliphatic carbocycles. The van der Waals surface area contributed by atoms with Gasteiger partial charge in [-0.1, -0.05) is 129 Å². The number of hydrogen-bond acceptors (Lipinski definition) is 5. The third kappa shape index (κ3) is 22.0. The second-order valence-corrected chi connectivity index (χ2v) is 11.3. The van der Waals surface area contributed by atoms with E-state index in [1.807, 2.05) is 13.0 Å². The van der Waals surface area contributed by atoms with Crippen LogP contribution in [0.5, 0.6) is 11.5 Å². The minimum absolute atomic E-state index is 0.201. The molecule has 40 heavy (non-hydrogen) atoms. The summed E-state index contributed by atoms with van der Waals surface area (Å²) < 4.78 is 17.3. The third-order valence-corrected chi connectivity index (χ3v) is 7.38. The zero-order valence-corrected chi connectivity index (χ0v) is 26.5. The summed E-state index contributed by atoms with van der Waals surface area (Å²) in [6.45, 7) is 9.01. The van der Waals surface area contributed by atoms with Gasteiger partial charge in [-0.05, 0) is 37.5 Å². The van der Waals surface area contributed by atoms with Crippen molar-refractivity contribution in [1.82, 2.24) is 5.32 Å². The van der Waals surface area contributed by atoms with E-state index in [1.165, 1.54) is 116 Å². The first-order valence-electron chi connectivity index (χ1n) is 17.0. The van der Waals surface area contributed by atoms with Crippen molar-refractivity contribution in [2.24, 2.45) is 0 Å². The first-order chi connectivity index (χ1) is 19.7. The molecule has 1 rings (SSSR count). The van der Waals surface area contributed by atoms with Crippen molar-refractivity contribution in [3.63, 3.8) is 0 Å². The molecule has 1 aromatic rings. The fourth-order valence-corrected chi connectivity index (χ4v) is 4.98. The fourth-order valence-electron chi connectivity index (χ4n) is 4.98. The zero-order chi connectivity index (χ0) is 28.9. The van der Waals surface area contributed by atoms with E-state index in [-0.39, 0.29) is 12.5 Å². The largest absolute Gasteiger partial charge is 0.493 e. The average Bonchev–Trinajstić information content (AvgIpc) is 2.95. The fraction of sp³-hybridized carbons (Fsp3) is 0.800. The Bertz CT molecular complexity index is 664. The van der Waals surface area contributed by atoms with Crippen LogP contribution >= 0.6 is 0 Å². The van der Waals surface area contributed by atoms with Crippen LogP contribution in [-0.2, 0) is 16.1 Å². The SMILES string of the molecule is CCCCCCCCCCCCOc1cc(CNCC(=O)OCC)cc(OCCCCCCCCCCCC)c1. The molecule has 0 saturated heterocycles. The quantitative estimate of drug-likeness (QED) is 0.0779. The average molecular weight is 562 g/mol. The Balaban J connectivity index is 2.36. The highest BCUT2D eigenvalue weighted by Crippen LogP contribution is 2.24. The first kappa shape index (κ1) is 36.3. The Morgan fingerprint density at radius 3 is 1.38 bits per heavy atom. The van der Waals surface area contributed by atoms with Crippen molar-refractivity contribution < 1.29 is 19.0 Å². The number of carbonyl (C=O) groups is 1. The van der Waals surface area contributed by atoms with Gasteiger partial charge in [0.15, 0.2) is 0 Å². The highest BCUT2D eigenvalue weighted by atomic mass is 16.5. The molecule has 0 saturated carbocycles. The summed E-state index contributed by atoms with van der Waals surface area (Å²) in [4.78, 5) is 11.7. The number of nitrogens with one attached hydrogen (secondary N) is 1. The molecule has 0 unspecified atom stereocenters. The molecule has 0 fully saturated rings. The standard InChI is InChI=1S/C35H63NO4/c1-4-7-9-11-13-15-17-19-21-23-25-39-33-27-32(30-36-31-35(37)38-6-3)28-34(29-33)40-26-24-22-20-18-16-14-12-10-8-5-2/h27-29,36H,4-26,30-31H2,1-3H3. The summed E-state index contributed by atoms with van der Waals surface area (Å²) in [5, 5.41) is 3.18. The van der Waals surface area contributed by atoms with Crippen LogP contribution in [0.25, 0.3) is 0 Å². The molecule has 5 nitrogen and oxygen atoms in total. The number of esters is 1. The van der Waals surface area contributed by atoms with Crippen LogP contribution in [-0.4, -0.2) is 32.3 Å². The summed E-state index contributed by atoms with van der Waals surface area (Å²) in [6, 6.07) is 6.13. The van der Waals surface area contributed by atoms with Gasteiger partial charge in [-0.15, -0.1) is 0 Å². The molecule has 0 amide bonds. The summed E-state index contributed by atoms with van der Waals surface area (Å²) in [6.07, 6.45) is 26.3. The van der Waals surface area contributed by atoms with Crippen molar-refractivity contribution in [2.75, 3.05) is 26.4 Å². The Morgan fingerprint density at radius 1 is 0.575 bits per heavy atom. The van der Waals surface area contributed by atoms with E-state index >= 15 is 0 Å². The van der Waals surface area contributed by atoms with E-state index < -0.39 is 0 Å². The smallest absolute Gasteiger partial charge is 0.319 e. The Hall–Kier alpha value is -1.75. The minimum atomic E-state index is -0.228. The van der Waals surface area contributed by atoms with Gasteiger partial charge in [0.05, 0.1) is 26.4 Å². The molecule has 1 aromatic carbocycles. The predicted molar refractivity (Wildman–Crippen MR) is 169 cm³/mol. The van der Waals surface area contributed by atoms with Crippen LogP contribution in [0, 0.1) is 0 Å². The van der Waals surface area contributed by atoms with Gasteiger partial charge in [0.1, 0.15) is 11.5 Å². The molecule has 0 atom stereocenters. The molecule has 0 bridgehead atoms. The van der Waals surface area contributed by atoms with Crippen LogP contribution in [0.4, 0.5) is 0 Å². The van der Waals surface area contributed by atoms with Gasteiger partial charge in [-0.3, -0.25) is 4.79 Å². The van der Waals surface area contributed by atoms with Gasteiger partial charge in [0.25, 0.3) is 0 Å². The van der Waals surface area contributed by atoms with Gasteiger partial charge in [0.2, 0.25) is 0 Å². The van der Waals surface area contributed by atoms with E-state index in [1.54, 1.807) is 0 Å². The van der Waals surface area contributed by atoms with Crippen molar-refractivity contribution in [3.8, 4) is 11.5 Å². The Morgan fingerprint density at radius 2 is 0.975 bits per heavy atom. The lowest BCUT2D eigenvalue weighted by Gasteiger charge is -2.13. The van der Waals surface area contributed by atoms with Gasteiger partial charge >= 0.3 is 5.97 Å². The Kier molecular flexibility index (Phi) is 24.9. The van der Waals surface area contributed by atoms with E-state index in [0.29, 0.717) is 13.2 Å².